The number of aryl methyl sites for hydroxylation is 2. The largest absolute Gasteiger partial charge is 0.393 e. The Kier molecular flexibility index (Phi) is 4.50. The van der Waals surface area contributed by atoms with Crippen molar-refractivity contribution in [2.45, 2.75) is 33.3 Å². The molecule has 0 spiro atoms. The summed E-state index contributed by atoms with van der Waals surface area (Å²) in [5, 5.41) is 11.9. The van der Waals surface area contributed by atoms with E-state index in [9.17, 15) is 4.79 Å². The first-order chi connectivity index (χ1) is 7.50. The minimum atomic E-state index is -0.376. The molecule has 0 aromatic heterocycles. The molecule has 2 N–H and O–H groups in total. The van der Waals surface area contributed by atoms with Crippen molar-refractivity contribution in [3.63, 3.8) is 0 Å². The average Bonchev–Trinajstić information content (AvgIpc) is 2.21. The third-order valence-corrected chi connectivity index (χ3v) is 2.49. The molecule has 0 fully saturated rings. The van der Waals surface area contributed by atoms with Crippen molar-refractivity contribution >= 4 is 5.91 Å². The Hall–Kier alpha value is -1.35. The number of nitrogens with one attached hydrogen (secondary N) is 1. The number of amides is 1. The first-order valence-corrected chi connectivity index (χ1v) is 5.54. The smallest absolute Gasteiger partial charge is 0.251 e. The van der Waals surface area contributed by atoms with Gasteiger partial charge in [0.05, 0.1) is 6.10 Å². The summed E-state index contributed by atoms with van der Waals surface area (Å²) >= 11 is 0. The Labute approximate surface area is 96.5 Å². The van der Waals surface area contributed by atoms with Gasteiger partial charge in [0, 0.05) is 12.1 Å². The van der Waals surface area contributed by atoms with Gasteiger partial charge >= 0.3 is 0 Å². The lowest BCUT2D eigenvalue weighted by Gasteiger charge is -2.09. The fourth-order valence-electron chi connectivity index (χ4n) is 1.47. The van der Waals surface area contributed by atoms with E-state index in [1.165, 1.54) is 0 Å². The van der Waals surface area contributed by atoms with E-state index in [1.807, 2.05) is 32.0 Å². The molecule has 0 aliphatic carbocycles. The lowest BCUT2D eigenvalue weighted by Crippen LogP contribution is -2.27. The number of carbonyl (C=O) groups is 1. The summed E-state index contributed by atoms with van der Waals surface area (Å²) in [4.78, 5) is 11.8. The van der Waals surface area contributed by atoms with Crippen LogP contribution in [0.5, 0.6) is 0 Å². The van der Waals surface area contributed by atoms with Gasteiger partial charge in [-0.05, 0) is 38.8 Å². The summed E-state index contributed by atoms with van der Waals surface area (Å²) in [5.74, 6) is -0.0677. The molecule has 3 nitrogen and oxygen atoms in total. The molecule has 1 atom stereocenters. The number of carbonyl (C=O) groups excluding carboxylic acids is 1. The highest BCUT2D eigenvalue weighted by Gasteiger charge is 2.08. The Morgan fingerprint density at radius 3 is 2.75 bits per heavy atom. The van der Waals surface area contributed by atoms with Crippen molar-refractivity contribution in [3.05, 3.63) is 34.9 Å². The molecule has 0 radical (unpaired) electrons. The van der Waals surface area contributed by atoms with Crippen molar-refractivity contribution in [1.29, 1.82) is 0 Å². The zero-order chi connectivity index (χ0) is 12.1. The normalized spacial score (nSPS) is 12.2. The quantitative estimate of drug-likeness (QED) is 0.814. The SMILES string of the molecule is Cc1ccc(C)c(C(=O)NCCC(C)O)c1. The molecule has 1 amide bonds. The minimum absolute atomic E-state index is 0.0677. The van der Waals surface area contributed by atoms with Gasteiger partial charge in [-0.1, -0.05) is 17.7 Å². The zero-order valence-corrected chi connectivity index (χ0v) is 10.1. The van der Waals surface area contributed by atoms with Crippen molar-refractivity contribution < 1.29 is 9.90 Å². The molecule has 1 rings (SSSR count). The van der Waals surface area contributed by atoms with Crippen LogP contribution in [0.3, 0.4) is 0 Å². The van der Waals surface area contributed by atoms with Crippen LogP contribution in [0.4, 0.5) is 0 Å². The Morgan fingerprint density at radius 1 is 1.44 bits per heavy atom. The molecule has 0 saturated heterocycles. The van der Waals surface area contributed by atoms with Crippen molar-refractivity contribution in [3.8, 4) is 0 Å². The van der Waals surface area contributed by atoms with Gasteiger partial charge in [-0.25, -0.2) is 0 Å². The lowest BCUT2D eigenvalue weighted by molar-refractivity contribution is 0.0945. The van der Waals surface area contributed by atoms with Gasteiger partial charge in [-0.15, -0.1) is 0 Å². The first kappa shape index (κ1) is 12.7. The zero-order valence-electron chi connectivity index (χ0n) is 10.1. The van der Waals surface area contributed by atoms with Gasteiger partial charge in [-0.3, -0.25) is 4.79 Å². The van der Waals surface area contributed by atoms with Crippen LogP contribution in [-0.4, -0.2) is 23.7 Å². The number of aliphatic hydroxyl groups is 1. The fourth-order valence-corrected chi connectivity index (χ4v) is 1.47. The molecule has 3 heteroatoms. The van der Waals surface area contributed by atoms with Crippen molar-refractivity contribution in [2.75, 3.05) is 6.54 Å². The summed E-state index contributed by atoms with van der Waals surface area (Å²) in [6, 6.07) is 5.81. The third-order valence-electron chi connectivity index (χ3n) is 2.49. The first-order valence-electron chi connectivity index (χ1n) is 5.54. The summed E-state index contributed by atoms with van der Waals surface area (Å²) in [6.45, 7) is 6.10. The summed E-state index contributed by atoms with van der Waals surface area (Å²) in [7, 11) is 0. The molecular formula is C13H19NO2. The molecule has 88 valence electrons. The second-order valence-electron chi connectivity index (χ2n) is 4.21. The van der Waals surface area contributed by atoms with Crippen LogP contribution in [0.25, 0.3) is 0 Å². The summed E-state index contributed by atoms with van der Waals surface area (Å²) < 4.78 is 0. The predicted molar refractivity (Wildman–Crippen MR) is 64.5 cm³/mol. The van der Waals surface area contributed by atoms with Gasteiger partial charge in [0.25, 0.3) is 5.91 Å². The lowest BCUT2D eigenvalue weighted by atomic mass is 10.1. The van der Waals surface area contributed by atoms with Crippen LogP contribution in [0.15, 0.2) is 18.2 Å². The Bertz CT molecular complexity index is 372. The number of benzene rings is 1. The van der Waals surface area contributed by atoms with Crippen LogP contribution in [-0.2, 0) is 0 Å². The number of aliphatic hydroxyl groups excluding tert-OH is 1. The van der Waals surface area contributed by atoms with E-state index < -0.39 is 0 Å². The van der Waals surface area contributed by atoms with E-state index >= 15 is 0 Å². The predicted octanol–water partition coefficient (Wildman–Crippen LogP) is 1.80. The molecule has 1 aromatic carbocycles. The Balaban J connectivity index is 2.62. The van der Waals surface area contributed by atoms with Gasteiger partial charge in [0.2, 0.25) is 0 Å². The van der Waals surface area contributed by atoms with Crippen LogP contribution in [0.1, 0.15) is 34.8 Å². The molecule has 1 unspecified atom stereocenters. The number of rotatable bonds is 4. The monoisotopic (exact) mass is 221 g/mol. The van der Waals surface area contributed by atoms with Gasteiger partial charge in [-0.2, -0.15) is 0 Å². The van der Waals surface area contributed by atoms with E-state index in [0.717, 1.165) is 11.1 Å². The van der Waals surface area contributed by atoms with Crippen LogP contribution < -0.4 is 5.32 Å². The molecule has 0 bridgehead atoms. The summed E-state index contributed by atoms with van der Waals surface area (Å²) in [5.41, 5.74) is 2.76. The maximum Gasteiger partial charge on any atom is 0.251 e. The second-order valence-corrected chi connectivity index (χ2v) is 4.21. The fraction of sp³-hybridized carbons (Fsp3) is 0.462. The number of hydrogen-bond donors (Lipinski definition) is 2. The van der Waals surface area contributed by atoms with E-state index in [2.05, 4.69) is 5.32 Å². The molecule has 0 heterocycles. The van der Waals surface area contributed by atoms with Gasteiger partial charge < -0.3 is 10.4 Å². The van der Waals surface area contributed by atoms with E-state index in [-0.39, 0.29) is 12.0 Å². The highest BCUT2D eigenvalue weighted by molar-refractivity contribution is 5.95. The van der Waals surface area contributed by atoms with Crippen molar-refractivity contribution in [2.24, 2.45) is 0 Å². The highest BCUT2D eigenvalue weighted by atomic mass is 16.3. The minimum Gasteiger partial charge on any atom is -0.393 e. The van der Waals surface area contributed by atoms with E-state index in [1.54, 1.807) is 6.92 Å². The number of hydrogen-bond acceptors (Lipinski definition) is 2. The molecule has 0 aliphatic rings. The van der Waals surface area contributed by atoms with Gasteiger partial charge in [0.15, 0.2) is 0 Å². The Morgan fingerprint density at radius 2 is 2.12 bits per heavy atom. The molecule has 0 saturated carbocycles. The van der Waals surface area contributed by atoms with Crippen LogP contribution in [0.2, 0.25) is 0 Å². The molecular weight excluding hydrogens is 202 g/mol. The topological polar surface area (TPSA) is 49.3 Å². The maximum absolute atomic E-state index is 11.8. The highest BCUT2D eigenvalue weighted by Crippen LogP contribution is 2.10. The average molecular weight is 221 g/mol. The van der Waals surface area contributed by atoms with Crippen molar-refractivity contribution in [1.82, 2.24) is 5.32 Å². The molecule has 1 aromatic rings. The summed E-state index contributed by atoms with van der Waals surface area (Å²) in [6.07, 6.45) is 0.204. The second kappa shape index (κ2) is 5.66. The van der Waals surface area contributed by atoms with E-state index in [4.69, 9.17) is 5.11 Å². The third kappa shape index (κ3) is 3.66. The van der Waals surface area contributed by atoms with Crippen LogP contribution in [0, 0.1) is 13.8 Å². The maximum atomic E-state index is 11.8. The van der Waals surface area contributed by atoms with Gasteiger partial charge in [0.1, 0.15) is 0 Å². The molecule has 0 aliphatic heterocycles. The standard InChI is InChI=1S/C13H19NO2/c1-9-4-5-10(2)12(8-9)13(16)14-7-6-11(3)15/h4-5,8,11,15H,6-7H2,1-3H3,(H,14,16). The molecule has 16 heavy (non-hydrogen) atoms. The van der Waals surface area contributed by atoms with E-state index in [0.29, 0.717) is 18.5 Å². The van der Waals surface area contributed by atoms with Crippen LogP contribution >= 0.6 is 0 Å².